The Morgan fingerprint density at radius 2 is 2.05 bits per heavy atom. The molecule has 7 heteroatoms. The van der Waals surface area contributed by atoms with Crippen LogP contribution >= 0.6 is 33.9 Å². The lowest BCUT2D eigenvalue weighted by Gasteiger charge is -2.02. The second kappa shape index (κ2) is 6.80. The van der Waals surface area contributed by atoms with E-state index < -0.39 is 0 Å². The van der Waals surface area contributed by atoms with Gasteiger partial charge in [-0.15, -0.1) is 10.2 Å². The normalized spacial score (nSPS) is 10.2. The molecule has 0 fully saturated rings. The molecule has 0 aliphatic rings. The van der Waals surface area contributed by atoms with Crippen LogP contribution in [0.4, 0.5) is 10.8 Å². The molecule has 100 valence electrons. The summed E-state index contributed by atoms with van der Waals surface area (Å²) in [6.07, 6.45) is 1.00. The van der Waals surface area contributed by atoms with Crippen molar-refractivity contribution < 1.29 is 4.79 Å². The van der Waals surface area contributed by atoms with Gasteiger partial charge in [0.2, 0.25) is 10.1 Å². The Morgan fingerprint density at radius 1 is 1.32 bits per heavy atom. The van der Waals surface area contributed by atoms with Gasteiger partial charge in [0.25, 0.3) is 5.91 Å². The molecular weight excluding hydrogens is 375 g/mol. The van der Waals surface area contributed by atoms with E-state index in [2.05, 4.69) is 50.3 Å². The Morgan fingerprint density at radius 3 is 2.74 bits per heavy atom. The van der Waals surface area contributed by atoms with Crippen molar-refractivity contribution in [3.8, 4) is 0 Å². The van der Waals surface area contributed by atoms with Crippen molar-refractivity contribution in [2.45, 2.75) is 13.3 Å². The summed E-state index contributed by atoms with van der Waals surface area (Å²) < 4.78 is 1.12. The lowest BCUT2D eigenvalue weighted by atomic mass is 10.3. The van der Waals surface area contributed by atoms with Gasteiger partial charge in [0.15, 0.2) is 0 Å². The summed E-state index contributed by atoms with van der Waals surface area (Å²) in [6, 6.07) is 7.59. The van der Waals surface area contributed by atoms with Crippen molar-refractivity contribution >= 4 is 50.7 Å². The number of aromatic nitrogens is 2. The van der Waals surface area contributed by atoms with Gasteiger partial charge in [-0.3, -0.25) is 4.79 Å². The largest absolute Gasteiger partial charge is 0.360 e. The lowest BCUT2D eigenvalue weighted by Crippen LogP contribution is -2.11. The summed E-state index contributed by atoms with van der Waals surface area (Å²) in [5, 5.41) is 14.7. The lowest BCUT2D eigenvalue weighted by molar-refractivity contribution is 0.102. The third-order valence-corrected chi connectivity index (χ3v) is 3.85. The Labute approximate surface area is 129 Å². The zero-order chi connectivity index (χ0) is 13.7. The summed E-state index contributed by atoms with van der Waals surface area (Å²) in [5.41, 5.74) is 0.753. The first-order chi connectivity index (χ1) is 9.19. The van der Waals surface area contributed by atoms with Gasteiger partial charge in [0, 0.05) is 15.8 Å². The van der Waals surface area contributed by atoms with Crippen molar-refractivity contribution in [3.05, 3.63) is 32.8 Å². The van der Waals surface area contributed by atoms with E-state index in [9.17, 15) is 4.79 Å². The molecule has 2 rings (SSSR count). The summed E-state index contributed by atoms with van der Waals surface area (Å²) >= 11 is 3.47. The summed E-state index contributed by atoms with van der Waals surface area (Å²) in [5.74, 6) is -0.233. The van der Waals surface area contributed by atoms with E-state index in [0.29, 0.717) is 10.1 Å². The molecule has 2 aromatic rings. The fourth-order valence-electron chi connectivity index (χ4n) is 1.34. The van der Waals surface area contributed by atoms with E-state index >= 15 is 0 Å². The molecule has 0 unspecified atom stereocenters. The monoisotopic (exact) mass is 388 g/mol. The van der Waals surface area contributed by atoms with Gasteiger partial charge in [0.1, 0.15) is 0 Å². The van der Waals surface area contributed by atoms with Gasteiger partial charge >= 0.3 is 0 Å². The molecule has 0 aliphatic carbocycles. The van der Waals surface area contributed by atoms with Crippen molar-refractivity contribution in [2.75, 3.05) is 17.2 Å². The van der Waals surface area contributed by atoms with E-state index in [0.717, 1.165) is 22.2 Å². The molecule has 0 spiro atoms. The van der Waals surface area contributed by atoms with Crippen LogP contribution in [0.2, 0.25) is 0 Å². The van der Waals surface area contributed by atoms with Gasteiger partial charge in [-0.1, -0.05) is 18.3 Å². The minimum absolute atomic E-state index is 0.233. The van der Waals surface area contributed by atoms with Gasteiger partial charge in [-0.25, -0.2) is 0 Å². The third kappa shape index (κ3) is 4.13. The first-order valence-corrected chi connectivity index (χ1v) is 7.73. The minimum Gasteiger partial charge on any atom is -0.360 e. The van der Waals surface area contributed by atoms with Crippen LogP contribution in [-0.4, -0.2) is 22.6 Å². The fourth-order valence-corrected chi connectivity index (χ4v) is 2.36. The molecule has 1 amide bonds. The second-order valence-corrected chi connectivity index (χ2v) is 6.02. The standard InChI is InChI=1S/C12H13IN4OS/c1-2-7-14-12-17-16-11(19-12)10(18)15-9-5-3-8(13)4-6-9/h3-6H,2,7H2,1H3,(H,14,17)(H,15,18). The van der Waals surface area contributed by atoms with Crippen LogP contribution < -0.4 is 10.6 Å². The first-order valence-electron chi connectivity index (χ1n) is 5.83. The maximum absolute atomic E-state index is 12.0. The second-order valence-electron chi connectivity index (χ2n) is 3.80. The SMILES string of the molecule is CCCNc1nnc(C(=O)Nc2ccc(I)cc2)s1. The van der Waals surface area contributed by atoms with Crippen molar-refractivity contribution in [1.82, 2.24) is 10.2 Å². The molecule has 2 N–H and O–H groups in total. The van der Waals surface area contributed by atoms with E-state index in [4.69, 9.17) is 0 Å². The van der Waals surface area contributed by atoms with Crippen LogP contribution in [0.3, 0.4) is 0 Å². The highest BCUT2D eigenvalue weighted by Gasteiger charge is 2.12. The molecule has 5 nitrogen and oxygen atoms in total. The fraction of sp³-hybridized carbons (Fsp3) is 0.250. The molecule has 0 radical (unpaired) electrons. The zero-order valence-electron chi connectivity index (χ0n) is 10.3. The predicted molar refractivity (Wildman–Crippen MR) is 85.8 cm³/mol. The van der Waals surface area contributed by atoms with Gasteiger partial charge in [-0.2, -0.15) is 0 Å². The number of hydrogen-bond donors (Lipinski definition) is 2. The number of carbonyl (C=O) groups is 1. The Balaban J connectivity index is 1.99. The topological polar surface area (TPSA) is 66.9 Å². The van der Waals surface area contributed by atoms with Crippen LogP contribution in [-0.2, 0) is 0 Å². The average molecular weight is 388 g/mol. The smallest absolute Gasteiger partial charge is 0.286 e. The molecule has 0 saturated heterocycles. The van der Waals surface area contributed by atoms with Crippen molar-refractivity contribution in [1.29, 1.82) is 0 Å². The maximum atomic E-state index is 12.0. The molecule has 1 aromatic carbocycles. The third-order valence-electron chi connectivity index (χ3n) is 2.25. The zero-order valence-corrected chi connectivity index (χ0v) is 13.3. The number of carbonyl (C=O) groups excluding carboxylic acids is 1. The van der Waals surface area contributed by atoms with Crippen molar-refractivity contribution in [2.24, 2.45) is 0 Å². The molecule has 0 bridgehead atoms. The van der Waals surface area contributed by atoms with Crippen LogP contribution in [0.1, 0.15) is 23.1 Å². The number of nitrogens with one attached hydrogen (secondary N) is 2. The highest BCUT2D eigenvalue weighted by molar-refractivity contribution is 14.1. The maximum Gasteiger partial charge on any atom is 0.286 e. The number of benzene rings is 1. The Hall–Kier alpha value is -1.22. The number of halogens is 1. The van der Waals surface area contributed by atoms with E-state index in [1.807, 2.05) is 24.3 Å². The highest BCUT2D eigenvalue weighted by atomic mass is 127. The van der Waals surface area contributed by atoms with Crippen molar-refractivity contribution in [3.63, 3.8) is 0 Å². The quantitative estimate of drug-likeness (QED) is 0.772. The van der Waals surface area contributed by atoms with Gasteiger partial charge < -0.3 is 10.6 Å². The molecule has 19 heavy (non-hydrogen) atoms. The predicted octanol–water partition coefficient (Wildman–Crippen LogP) is 3.22. The van der Waals surface area contributed by atoms with E-state index in [1.54, 1.807) is 0 Å². The van der Waals surface area contributed by atoms with E-state index in [-0.39, 0.29) is 5.91 Å². The first kappa shape index (κ1) is 14.2. The number of rotatable bonds is 5. The molecule has 0 atom stereocenters. The number of amides is 1. The van der Waals surface area contributed by atoms with Crippen LogP contribution in [0.25, 0.3) is 0 Å². The van der Waals surface area contributed by atoms with Gasteiger partial charge in [-0.05, 0) is 53.3 Å². The molecule has 0 aliphatic heterocycles. The summed E-state index contributed by atoms with van der Waals surface area (Å²) in [6.45, 7) is 2.89. The number of nitrogens with zero attached hydrogens (tertiary/aromatic N) is 2. The molecule has 1 aromatic heterocycles. The van der Waals surface area contributed by atoms with Gasteiger partial charge in [0.05, 0.1) is 0 Å². The van der Waals surface area contributed by atoms with Crippen LogP contribution in [0.15, 0.2) is 24.3 Å². The molecule has 1 heterocycles. The summed E-state index contributed by atoms with van der Waals surface area (Å²) in [7, 11) is 0. The van der Waals surface area contributed by atoms with Crippen LogP contribution in [0.5, 0.6) is 0 Å². The Bertz CT molecular complexity index is 555. The average Bonchev–Trinajstić information content (AvgIpc) is 2.88. The minimum atomic E-state index is -0.233. The summed E-state index contributed by atoms with van der Waals surface area (Å²) in [4.78, 5) is 12.0. The van der Waals surface area contributed by atoms with Crippen LogP contribution in [0, 0.1) is 3.57 Å². The highest BCUT2D eigenvalue weighted by Crippen LogP contribution is 2.17. The molecular formula is C12H13IN4OS. The molecule has 0 saturated carbocycles. The number of hydrogen-bond acceptors (Lipinski definition) is 5. The van der Waals surface area contributed by atoms with E-state index in [1.165, 1.54) is 11.3 Å². The Kier molecular flexibility index (Phi) is 5.08. The number of anilines is 2.